The molecule has 1 aliphatic rings. The van der Waals surface area contributed by atoms with Gasteiger partial charge in [0.05, 0.1) is 11.5 Å². The molecule has 0 aliphatic carbocycles. The fourth-order valence-electron chi connectivity index (χ4n) is 3.11. The van der Waals surface area contributed by atoms with Gasteiger partial charge in [0, 0.05) is 24.3 Å². The van der Waals surface area contributed by atoms with Crippen molar-refractivity contribution in [2.45, 2.75) is 38.0 Å². The number of anilines is 2. The predicted octanol–water partition coefficient (Wildman–Crippen LogP) is 3.71. The maximum absolute atomic E-state index is 12.6. The number of amides is 1. The van der Waals surface area contributed by atoms with Crippen molar-refractivity contribution in [1.82, 2.24) is 0 Å². The number of sulfonamides is 1. The lowest BCUT2D eigenvalue weighted by Crippen LogP contribution is -2.35. The molecule has 0 radical (unpaired) electrons. The number of aryl methyl sites for hydroxylation is 1. The molecule has 1 heterocycles. The molecular weight excluding hydrogens is 364 g/mol. The third-order valence-corrected chi connectivity index (χ3v) is 5.89. The zero-order chi connectivity index (χ0) is 19.4. The molecule has 0 atom stereocenters. The minimum atomic E-state index is -3.70. The Balaban J connectivity index is 1.76. The number of hydrogen-bond acceptors (Lipinski definition) is 4. The summed E-state index contributed by atoms with van der Waals surface area (Å²) in [7, 11) is -3.70. The van der Waals surface area contributed by atoms with Crippen molar-refractivity contribution in [3.63, 3.8) is 0 Å². The first-order valence-corrected chi connectivity index (χ1v) is 10.6. The fourth-order valence-corrected chi connectivity index (χ4v) is 4.25. The van der Waals surface area contributed by atoms with E-state index < -0.39 is 10.0 Å². The lowest BCUT2D eigenvalue weighted by molar-refractivity contribution is -0.119. The first-order valence-electron chi connectivity index (χ1n) is 9.07. The van der Waals surface area contributed by atoms with Gasteiger partial charge in [0.1, 0.15) is 5.75 Å². The van der Waals surface area contributed by atoms with Crippen molar-refractivity contribution in [3.05, 3.63) is 48.0 Å². The predicted molar refractivity (Wildman–Crippen MR) is 106 cm³/mol. The number of carbonyl (C=O) groups is 1. The number of nitrogens with one attached hydrogen (secondary N) is 1. The van der Waals surface area contributed by atoms with Crippen LogP contribution in [0.5, 0.6) is 5.75 Å². The number of nitrogens with zero attached hydrogens (tertiary/aromatic N) is 1. The van der Waals surface area contributed by atoms with Crippen LogP contribution >= 0.6 is 0 Å². The van der Waals surface area contributed by atoms with Gasteiger partial charge < -0.3 is 9.64 Å². The SMILES string of the molecule is CCOc1ccc(S(=O)(=O)Nc2ccc(N3CCCCC3=O)cc2)cc1C. The second-order valence-corrected chi connectivity index (χ2v) is 8.20. The van der Waals surface area contributed by atoms with Gasteiger partial charge in [-0.05, 0) is 74.7 Å². The number of ether oxygens (including phenoxy) is 1. The van der Waals surface area contributed by atoms with E-state index in [1.165, 1.54) is 6.07 Å². The molecule has 2 aromatic carbocycles. The summed E-state index contributed by atoms with van der Waals surface area (Å²) in [6.07, 6.45) is 2.47. The van der Waals surface area contributed by atoms with Crippen molar-refractivity contribution < 1.29 is 17.9 Å². The highest BCUT2D eigenvalue weighted by Gasteiger charge is 2.20. The van der Waals surface area contributed by atoms with Gasteiger partial charge in [-0.1, -0.05) is 0 Å². The molecule has 2 aromatic rings. The van der Waals surface area contributed by atoms with E-state index in [9.17, 15) is 13.2 Å². The van der Waals surface area contributed by atoms with Gasteiger partial charge in [-0.15, -0.1) is 0 Å². The minimum Gasteiger partial charge on any atom is -0.494 e. The van der Waals surface area contributed by atoms with Crippen LogP contribution in [0.2, 0.25) is 0 Å². The highest BCUT2D eigenvalue weighted by atomic mass is 32.2. The van der Waals surface area contributed by atoms with E-state index in [1.54, 1.807) is 41.3 Å². The molecule has 1 fully saturated rings. The molecule has 1 amide bonds. The average Bonchev–Trinajstić information content (AvgIpc) is 2.64. The molecule has 3 rings (SSSR count). The van der Waals surface area contributed by atoms with Gasteiger partial charge in [0.2, 0.25) is 5.91 Å². The zero-order valence-corrected chi connectivity index (χ0v) is 16.4. The summed E-state index contributed by atoms with van der Waals surface area (Å²) in [6.45, 7) is 4.92. The van der Waals surface area contributed by atoms with E-state index in [1.807, 2.05) is 13.8 Å². The van der Waals surface area contributed by atoms with Crippen LogP contribution in [0.25, 0.3) is 0 Å². The molecule has 0 spiro atoms. The lowest BCUT2D eigenvalue weighted by atomic mass is 10.1. The monoisotopic (exact) mass is 388 g/mol. The minimum absolute atomic E-state index is 0.111. The van der Waals surface area contributed by atoms with E-state index >= 15 is 0 Å². The summed E-state index contributed by atoms with van der Waals surface area (Å²) in [4.78, 5) is 13.9. The van der Waals surface area contributed by atoms with E-state index in [2.05, 4.69) is 4.72 Å². The molecule has 0 saturated carbocycles. The molecule has 144 valence electrons. The van der Waals surface area contributed by atoms with E-state index in [0.29, 0.717) is 31.0 Å². The molecule has 6 nitrogen and oxygen atoms in total. The second kappa shape index (κ2) is 8.00. The highest BCUT2D eigenvalue weighted by molar-refractivity contribution is 7.92. The van der Waals surface area contributed by atoms with Crippen molar-refractivity contribution in [1.29, 1.82) is 0 Å². The summed E-state index contributed by atoms with van der Waals surface area (Å²) in [5, 5.41) is 0. The Labute approximate surface area is 160 Å². The molecule has 1 saturated heterocycles. The van der Waals surface area contributed by atoms with Crippen LogP contribution in [-0.2, 0) is 14.8 Å². The first-order chi connectivity index (χ1) is 12.9. The number of piperidine rings is 1. The summed E-state index contributed by atoms with van der Waals surface area (Å²) >= 11 is 0. The Morgan fingerprint density at radius 1 is 1.11 bits per heavy atom. The molecule has 1 N–H and O–H groups in total. The zero-order valence-electron chi connectivity index (χ0n) is 15.6. The van der Waals surface area contributed by atoms with Crippen LogP contribution in [0.3, 0.4) is 0 Å². The van der Waals surface area contributed by atoms with Crippen LogP contribution in [0.15, 0.2) is 47.4 Å². The largest absolute Gasteiger partial charge is 0.494 e. The lowest BCUT2D eigenvalue weighted by Gasteiger charge is -2.26. The van der Waals surface area contributed by atoms with Crippen molar-refractivity contribution in [3.8, 4) is 5.75 Å². The maximum Gasteiger partial charge on any atom is 0.261 e. The van der Waals surface area contributed by atoms with Gasteiger partial charge in [0.15, 0.2) is 0 Å². The van der Waals surface area contributed by atoms with Gasteiger partial charge >= 0.3 is 0 Å². The Bertz CT molecular complexity index is 923. The fraction of sp³-hybridized carbons (Fsp3) is 0.350. The summed E-state index contributed by atoms with van der Waals surface area (Å²) in [5.74, 6) is 0.784. The number of rotatable bonds is 6. The van der Waals surface area contributed by atoms with Crippen LogP contribution in [0.1, 0.15) is 31.7 Å². The number of hydrogen-bond donors (Lipinski definition) is 1. The Morgan fingerprint density at radius 2 is 1.85 bits per heavy atom. The summed E-state index contributed by atoms with van der Waals surface area (Å²) < 4.78 is 33.3. The molecule has 1 aliphatic heterocycles. The van der Waals surface area contributed by atoms with Crippen LogP contribution < -0.4 is 14.4 Å². The second-order valence-electron chi connectivity index (χ2n) is 6.52. The quantitative estimate of drug-likeness (QED) is 0.818. The number of benzene rings is 2. The Morgan fingerprint density at radius 3 is 2.48 bits per heavy atom. The van der Waals surface area contributed by atoms with Crippen molar-refractivity contribution >= 4 is 27.3 Å². The molecular formula is C20H24N2O4S. The van der Waals surface area contributed by atoms with E-state index in [0.717, 1.165) is 24.1 Å². The third kappa shape index (κ3) is 4.42. The van der Waals surface area contributed by atoms with Gasteiger partial charge in [-0.25, -0.2) is 8.42 Å². The van der Waals surface area contributed by atoms with Gasteiger partial charge in [0.25, 0.3) is 10.0 Å². The standard InChI is InChI=1S/C20H24N2O4S/c1-3-26-19-12-11-18(14-15(19)2)27(24,25)21-16-7-9-17(10-8-16)22-13-5-4-6-20(22)23/h7-12,14,21H,3-6,13H2,1-2H3. The van der Waals surface area contributed by atoms with Crippen molar-refractivity contribution in [2.75, 3.05) is 22.8 Å². The topological polar surface area (TPSA) is 75.7 Å². The normalized spacial score (nSPS) is 14.9. The highest BCUT2D eigenvalue weighted by Crippen LogP contribution is 2.26. The smallest absolute Gasteiger partial charge is 0.261 e. The van der Waals surface area contributed by atoms with Crippen LogP contribution in [0, 0.1) is 6.92 Å². The molecule has 0 bridgehead atoms. The summed E-state index contributed by atoms with van der Waals surface area (Å²) in [6, 6.07) is 11.7. The third-order valence-electron chi connectivity index (χ3n) is 4.51. The molecule has 0 aromatic heterocycles. The van der Waals surface area contributed by atoms with Crippen molar-refractivity contribution in [2.24, 2.45) is 0 Å². The molecule has 27 heavy (non-hydrogen) atoms. The molecule has 0 unspecified atom stereocenters. The van der Waals surface area contributed by atoms with Gasteiger partial charge in [-0.3, -0.25) is 9.52 Å². The maximum atomic E-state index is 12.6. The first kappa shape index (κ1) is 19.2. The van der Waals surface area contributed by atoms with Crippen LogP contribution in [-0.4, -0.2) is 27.5 Å². The molecule has 7 heteroatoms. The van der Waals surface area contributed by atoms with E-state index in [4.69, 9.17) is 4.74 Å². The van der Waals surface area contributed by atoms with Crippen LogP contribution in [0.4, 0.5) is 11.4 Å². The Kier molecular flexibility index (Phi) is 5.70. The average molecular weight is 388 g/mol. The van der Waals surface area contributed by atoms with Gasteiger partial charge in [-0.2, -0.15) is 0 Å². The summed E-state index contributed by atoms with van der Waals surface area (Å²) in [5.41, 5.74) is 2.01. The Hall–Kier alpha value is -2.54. The van der Waals surface area contributed by atoms with E-state index in [-0.39, 0.29) is 10.8 Å². The number of carbonyl (C=O) groups excluding carboxylic acids is 1.